The molecule has 0 spiro atoms. The maximum absolute atomic E-state index is 12.4. The number of pyridine rings is 1. The third kappa shape index (κ3) is 6.46. The van der Waals surface area contributed by atoms with E-state index in [2.05, 4.69) is 20.4 Å². The Kier molecular flexibility index (Phi) is 6.93. The Morgan fingerprint density at radius 1 is 0.844 bits per heavy atom. The summed E-state index contributed by atoms with van der Waals surface area (Å²) in [7, 11) is 1.55. The molecular weight excluding hydrogens is 427 g/mol. The lowest BCUT2D eigenvalue weighted by atomic mass is 10.1. The van der Waals surface area contributed by atoms with Crippen LogP contribution in [0.5, 0.6) is 11.6 Å². The Hall–Kier alpha value is -4.08. The Bertz CT molecular complexity index is 1070. The first-order valence-electron chi connectivity index (χ1n) is 9.26. The summed E-state index contributed by atoms with van der Waals surface area (Å²) >= 11 is 0. The molecule has 0 atom stereocenters. The predicted molar refractivity (Wildman–Crippen MR) is 111 cm³/mol. The van der Waals surface area contributed by atoms with Gasteiger partial charge in [-0.05, 0) is 54.6 Å². The van der Waals surface area contributed by atoms with Gasteiger partial charge in [0.25, 0.3) is 11.8 Å². The Balaban J connectivity index is 1.56. The summed E-state index contributed by atoms with van der Waals surface area (Å²) in [4.78, 5) is 28.3. The fourth-order valence-corrected chi connectivity index (χ4v) is 2.54. The van der Waals surface area contributed by atoms with Crippen molar-refractivity contribution in [1.82, 2.24) is 4.98 Å². The maximum atomic E-state index is 12.4. The number of aromatic nitrogens is 1. The molecule has 3 rings (SSSR count). The third-order valence-corrected chi connectivity index (χ3v) is 4.14. The van der Waals surface area contributed by atoms with Crippen LogP contribution in [-0.4, -0.2) is 36.7 Å². The van der Waals surface area contributed by atoms with E-state index in [9.17, 15) is 22.8 Å². The number of alkyl halides is 3. The van der Waals surface area contributed by atoms with Crippen molar-refractivity contribution in [3.05, 3.63) is 78.0 Å². The van der Waals surface area contributed by atoms with Crippen LogP contribution >= 0.6 is 0 Å². The molecule has 3 aromatic rings. The van der Waals surface area contributed by atoms with E-state index in [0.29, 0.717) is 22.7 Å². The van der Waals surface area contributed by atoms with E-state index in [1.165, 1.54) is 12.1 Å². The zero-order valence-electron chi connectivity index (χ0n) is 16.8. The molecule has 0 aliphatic carbocycles. The minimum absolute atomic E-state index is 0.130. The maximum Gasteiger partial charge on any atom is 0.422 e. The van der Waals surface area contributed by atoms with Crippen LogP contribution in [-0.2, 0) is 0 Å². The number of hydrogen-bond donors (Lipinski definition) is 2. The van der Waals surface area contributed by atoms with Crippen LogP contribution < -0.4 is 20.1 Å². The van der Waals surface area contributed by atoms with Crippen LogP contribution in [0.3, 0.4) is 0 Å². The highest BCUT2D eigenvalue weighted by atomic mass is 19.4. The van der Waals surface area contributed by atoms with Crippen molar-refractivity contribution in [3.8, 4) is 11.6 Å². The van der Waals surface area contributed by atoms with E-state index >= 15 is 0 Å². The summed E-state index contributed by atoms with van der Waals surface area (Å²) < 4.78 is 46.0. The number of nitrogens with one attached hydrogen (secondary N) is 2. The molecule has 10 heteroatoms. The highest BCUT2D eigenvalue weighted by Crippen LogP contribution is 2.19. The molecule has 2 amide bonds. The summed E-state index contributed by atoms with van der Waals surface area (Å²) in [5.74, 6) is -0.421. The van der Waals surface area contributed by atoms with E-state index in [4.69, 9.17) is 4.74 Å². The van der Waals surface area contributed by atoms with Gasteiger partial charge in [-0.15, -0.1) is 0 Å². The summed E-state index contributed by atoms with van der Waals surface area (Å²) in [5.41, 5.74) is 1.54. The quantitative estimate of drug-likeness (QED) is 0.558. The number of anilines is 2. The molecule has 166 valence electrons. The van der Waals surface area contributed by atoms with Crippen LogP contribution in [0.15, 0.2) is 66.9 Å². The number of benzene rings is 2. The van der Waals surface area contributed by atoms with Gasteiger partial charge in [0.2, 0.25) is 5.88 Å². The number of rotatable bonds is 7. The highest BCUT2D eigenvalue weighted by molar-refractivity contribution is 6.06. The van der Waals surface area contributed by atoms with Gasteiger partial charge >= 0.3 is 6.18 Å². The Morgan fingerprint density at radius 2 is 1.38 bits per heavy atom. The zero-order valence-corrected chi connectivity index (χ0v) is 16.8. The molecular formula is C22H18F3N3O4. The molecule has 1 aromatic heterocycles. The van der Waals surface area contributed by atoms with Gasteiger partial charge in [0.15, 0.2) is 6.61 Å². The minimum Gasteiger partial charge on any atom is -0.497 e. The van der Waals surface area contributed by atoms with Crippen LogP contribution in [0.2, 0.25) is 0 Å². The monoisotopic (exact) mass is 445 g/mol. The number of carbonyl (C=O) groups excluding carboxylic acids is 2. The van der Waals surface area contributed by atoms with E-state index in [-0.39, 0.29) is 17.4 Å². The first-order valence-corrected chi connectivity index (χ1v) is 9.26. The largest absolute Gasteiger partial charge is 0.497 e. The van der Waals surface area contributed by atoms with Gasteiger partial charge in [-0.25, -0.2) is 4.98 Å². The number of nitrogens with zero attached hydrogens (tertiary/aromatic N) is 1. The van der Waals surface area contributed by atoms with E-state index in [1.54, 1.807) is 55.6 Å². The Morgan fingerprint density at radius 3 is 1.88 bits per heavy atom. The lowest BCUT2D eigenvalue weighted by Gasteiger charge is -2.09. The molecule has 0 radical (unpaired) electrons. The molecule has 0 saturated heterocycles. The standard InChI is InChI=1S/C22H18F3N3O4/c1-31-18-9-7-17(8-10-18)27-20(29)14-2-5-16(6-3-14)28-21(30)15-4-11-19(26-12-15)32-13-22(23,24)25/h2-12H,13H2,1H3,(H,27,29)(H,28,30). The summed E-state index contributed by atoms with van der Waals surface area (Å²) in [6, 6.07) is 15.5. The van der Waals surface area contributed by atoms with Gasteiger partial charge in [-0.1, -0.05) is 0 Å². The van der Waals surface area contributed by atoms with Gasteiger partial charge in [-0.3, -0.25) is 9.59 Å². The molecule has 0 unspecified atom stereocenters. The van der Waals surface area contributed by atoms with Crippen molar-refractivity contribution >= 4 is 23.2 Å². The van der Waals surface area contributed by atoms with Gasteiger partial charge in [0.05, 0.1) is 12.7 Å². The van der Waals surface area contributed by atoms with Crippen molar-refractivity contribution in [2.45, 2.75) is 6.18 Å². The molecule has 0 fully saturated rings. The third-order valence-electron chi connectivity index (χ3n) is 4.14. The number of methoxy groups -OCH3 is 1. The van der Waals surface area contributed by atoms with Crippen LogP contribution in [0.25, 0.3) is 0 Å². The van der Waals surface area contributed by atoms with Gasteiger partial charge in [-0.2, -0.15) is 13.2 Å². The normalized spacial score (nSPS) is 10.9. The molecule has 0 saturated carbocycles. The first-order chi connectivity index (χ1) is 15.2. The van der Waals surface area contributed by atoms with Crippen molar-refractivity contribution < 1.29 is 32.2 Å². The fourth-order valence-electron chi connectivity index (χ4n) is 2.54. The van der Waals surface area contributed by atoms with Crippen molar-refractivity contribution in [2.75, 3.05) is 24.4 Å². The smallest absolute Gasteiger partial charge is 0.422 e. The second kappa shape index (κ2) is 9.82. The van der Waals surface area contributed by atoms with Crippen LogP contribution in [0.4, 0.5) is 24.5 Å². The first kappa shape index (κ1) is 22.6. The van der Waals surface area contributed by atoms with Crippen molar-refractivity contribution in [3.63, 3.8) is 0 Å². The molecule has 7 nitrogen and oxygen atoms in total. The molecule has 0 bridgehead atoms. The Labute approximate surface area is 181 Å². The fraction of sp³-hybridized carbons (Fsp3) is 0.136. The number of ether oxygens (including phenoxy) is 2. The summed E-state index contributed by atoms with van der Waals surface area (Å²) in [5, 5.41) is 5.37. The number of hydrogen-bond acceptors (Lipinski definition) is 5. The summed E-state index contributed by atoms with van der Waals surface area (Å²) in [6.07, 6.45) is -3.37. The summed E-state index contributed by atoms with van der Waals surface area (Å²) in [6.45, 7) is -1.47. The number of halogens is 3. The molecule has 2 N–H and O–H groups in total. The molecule has 0 aliphatic heterocycles. The van der Waals surface area contributed by atoms with Crippen molar-refractivity contribution in [1.29, 1.82) is 0 Å². The SMILES string of the molecule is COc1ccc(NC(=O)c2ccc(NC(=O)c3ccc(OCC(F)(F)F)nc3)cc2)cc1. The highest BCUT2D eigenvalue weighted by Gasteiger charge is 2.28. The van der Waals surface area contributed by atoms with Crippen LogP contribution in [0.1, 0.15) is 20.7 Å². The molecule has 32 heavy (non-hydrogen) atoms. The molecule has 0 aliphatic rings. The minimum atomic E-state index is -4.48. The molecule has 2 aromatic carbocycles. The number of amides is 2. The second-order valence-electron chi connectivity index (χ2n) is 6.50. The van der Waals surface area contributed by atoms with E-state index < -0.39 is 18.7 Å². The van der Waals surface area contributed by atoms with Crippen molar-refractivity contribution in [2.24, 2.45) is 0 Å². The average Bonchev–Trinajstić information content (AvgIpc) is 2.78. The lowest BCUT2D eigenvalue weighted by Crippen LogP contribution is -2.19. The number of carbonyl (C=O) groups is 2. The van der Waals surface area contributed by atoms with Gasteiger partial charge in [0, 0.05) is 29.2 Å². The predicted octanol–water partition coefficient (Wildman–Crippen LogP) is 4.54. The van der Waals surface area contributed by atoms with Gasteiger partial charge < -0.3 is 20.1 Å². The van der Waals surface area contributed by atoms with E-state index in [1.807, 2.05) is 0 Å². The zero-order chi connectivity index (χ0) is 23.1. The average molecular weight is 445 g/mol. The second-order valence-corrected chi connectivity index (χ2v) is 6.50. The van der Waals surface area contributed by atoms with Crippen LogP contribution in [0, 0.1) is 0 Å². The van der Waals surface area contributed by atoms with Gasteiger partial charge in [0.1, 0.15) is 5.75 Å². The van der Waals surface area contributed by atoms with E-state index in [0.717, 1.165) is 6.20 Å². The molecule has 1 heterocycles. The lowest BCUT2D eigenvalue weighted by molar-refractivity contribution is -0.154. The topological polar surface area (TPSA) is 89.6 Å².